The van der Waals surface area contributed by atoms with Crippen LogP contribution in [0.4, 0.5) is 5.82 Å². The number of nitrogens with zero attached hydrogens (tertiary/aromatic N) is 4. The second-order valence-electron chi connectivity index (χ2n) is 5.95. The summed E-state index contributed by atoms with van der Waals surface area (Å²) >= 11 is 0. The van der Waals surface area contributed by atoms with Gasteiger partial charge in [-0.25, -0.2) is 4.98 Å². The molecule has 2 aromatic rings. The van der Waals surface area contributed by atoms with Crippen LogP contribution in [0.3, 0.4) is 0 Å². The Bertz CT molecular complexity index is 889. The smallest absolute Gasteiger partial charge is 0.256 e. The zero-order chi connectivity index (χ0) is 18.5. The molecule has 3 heterocycles. The van der Waals surface area contributed by atoms with Gasteiger partial charge in [-0.3, -0.25) is 14.6 Å². The SMILES string of the molecule is CC(=O)NCCN1Cc2nc(NCc3cncc(C#N)c3)ccc2C1=O. The zero-order valence-corrected chi connectivity index (χ0v) is 14.3. The first-order chi connectivity index (χ1) is 12.6. The molecule has 0 saturated carbocycles. The van der Waals surface area contributed by atoms with Crippen LogP contribution in [-0.2, 0) is 17.9 Å². The summed E-state index contributed by atoms with van der Waals surface area (Å²) in [6.45, 7) is 3.22. The molecule has 8 nitrogen and oxygen atoms in total. The summed E-state index contributed by atoms with van der Waals surface area (Å²) in [7, 11) is 0. The molecule has 2 amide bonds. The first-order valence-electron chi connectivity index (χ1n) is 8.18. The van der Waals surface area contributed by atoms with Crippen molar-refractivity contribution in [2.75, 3.05) is 18.4 Å². The normalized spacial score (nSPS) is 12.5. The topological polar surface area (TPSA) is 111 Å². The molecule has 0 radical (unpaired) electrons. The van der Waals surface area contributed by atoms with Crippen LogP contribution in [0.5, 0.6) is 0 Å². The highest BCUT2D eigenvalue weighted by Gasteiger charge is 2.28. The van der Waals surface area contributed by atoms with E-state index < -0.39 is 0 Å². The van der Waals surface area contributed by atoms with Gasteiger partial charge in [-0.15, -0.1) is 0 Å². The van der Waals surface area contributed by atoms with Gasteiger partial charge in [0.05, 0.1) is 23.4 Å². The number of amides is 2. The van der Waals surface area contributed by atoms with E-state index in [2.05, 4.69) is 26.7 Å². The van der Waals surface area contributed by atoms with Crippen LogP contribution < -0.4 is 10.6 Å². The molecule has 0 aliphatic carbocycles. The van der Waals surface area contributed by atoms with Crippen LogP contribution in [0.2, 0.25) is 0 Å². The molecule has 0 spiro atoms. The number of nitriles is 1. The van der Waals surface area contributed by atoms with Crippen molar-refractivity contribution < 1.29 is 9.59 Å². The third-order valence-electron chi connectivity index (χ3n) is 3.99. The molecular weight excluding hydrogens is 332 g/mol. The molecule has 0 atom stereocenters. The highest BCUT2D eigenvalue weighted by Crippen LogP contribution is 2.22. The second-order valence-corrected chi connectivity index (χ2v) is 5.95. The van der Waals surface area contributed by atoms with Crippen LogP contribution >= 0.6 is 0 Å². The maximum absolute atomic E-state index is 12.3. The van der Waals surface area contributed by atoms with Crippen molar-refractivity contribution >= 4 is 17.6 Å². The summed E-state index contributed by atoms with van der Waals surface area (Å²) in [6, 6.07) is 7.34. The first kappa shape index (κ1) is 17.4. The minimum Gasteiger partial charge on any atom is -0.366 e. The van der Waals surface area contributed by atoms with E-state index in [1.54, 1.807) is 29.3 Å². The van der Waals surface area contributed by atoms with Crippen LogP contribution in [0, 0.1) is 11.3 Å². The minimum atomic E-state index is -0.117. The van der Waals surface area contributed by atoms with Gasteiger partial charge >= 0.3 is 0 Å². The Balaban J connectivity index is 1.62. The Kier molecular flexibility index (Phi) is 5.08. The molecule has 26 heavy (non-hydrogen) atoms. The molecule has 2 aromatic heterocycles. The second kappa shape index (κ2) is 7.61. The van der Waals surface area contributed by atoms with Crippen molar-refractivity contribution in [3.05, 3.63) is 53.0 Å². The Morgan fingerprint density at radius 3 is 3.00 bits per heavy atom. The van der Waals surface area contributed by atoms with Crippen LogP contribution in [0.15, 0.2) is 30.6 Å². The molecule has 0 aromatic carbocycles. The van der Waals surface area contributed by atoms with E-state index in [0.717, 1.165) is 5.56 Å². The van der Waals surface area contributed by atoms with Crippen LogP contribution in [0.25, 0.3) is 0 Å². The minimum absolute atomic E-state index is 0.0738. The maximum Gasteiger partial charge on any atom is 0.256 e. The van der Waals surface area contributed by atoms with E-state index >= 15 is 0 Å². The van der Waals surface area contributed by atoms with E-state index in [0.29, 0.717) is 48.8 Å². The van der Waals surface area contributed by atoms with Gasteiger partial charge in [0.25, 0.3) is 5.91 Å². The third kappa shape index (κ3) is 3.95. The van der Waals surface area contributed by atoms with Crippen molar-refractivity contribution in [2.45, 2.75) is 20.0 Å². The molecule has 2 N–H and O–H groups in total. The van der Waals surface area contributed by atoms with Crippen molar-refractivity contribution in [3.8, 4) is 6.07 Å². The Morgan fingerprint density at radius 2 is 2.23 bits per heavy atom. The highest BCUT2D eigenvalue weighted by molar-refractivity contribution is 5.98. The average molecular weight is 350 g/mol. The third-order valence-corrected chi connectivity index (χ3v) is 3.99. The number of anilines is 1. The van der Waals surface area contributed by atoms with E-state index in [-0.39, 0.29) is 11.8 Å². The molecule has 8 heteroatoms. The van der Waals surface area contributed by atoms with Gasteiger partial charge in [0.15, 0.2) is 0 Å². The lowest BCUT2D eigenvalue weighted by molar-refractivity contribution is -0.119. The molecule has 0 bridgehead atoms. The van der Waals surface area contributed by atoms with E-state index in [1.807, 2.05) is 0 Å². The molecule has 0 fully saturated rings. The Labute approximate surface area is 150 Å². The van der Waals surface area contributed by atoms with Gasteiger partial charge in [-0.2, -0.15) is 5.26 Å². The predicted octanol–water partition coefficient (Wildman–Crippen LogP) is 1.05. The molecule has 1 aliphatic rings. The lowest BCUT2D eigenvalue weighted by atomic mass is 10.2. The highest BCUT2D eigenvalue weighted by atomic mass is 16.2. The van der Waals surface area contributed by atoms with Gasteiger partial charge in [0.1, 0.15) is 11.9 Å². The van der Waals surface area contributed by atoms with Crippen molar-refractivity contribution in [2.24, 2.45) is 0 Å². The number of rotatable bonds is 6. The van der Waals surface area contributed by atoms with Gasteiger partial charge in [0.2, 0.25) is 5.91 Å². The number of carbonyl (C=O) groups excluding carboxylic acids is 2. The van der Waals surface area contributed by atoms with Gasteiger partial charge in [0, 0.05) is 39.0 Å². The largest absolute Gasteiger partial charge is 0.366 e. The average Bonchev–Trinajstić information content (AvgIpc) is 2.95. The summed E-state index contributed by atoms with van der Waals surface area (Å²) in [5.74, 6) is 0.465. The van der Waals surface area contributed by atoms with Gasteiger partial charge in [-0.1, -0.05) is 0 Å². The van der Waals surface area contributed by atoms with E-state index in [9.17, 15) is 9.59 Å². The number of nitrogens with one attached hydrogen (secondary N) is 2. The van der Waals surface area contributed by atoms with Crippen molar-refractivity contribution in [1.82, 2.24) is 20.2 Å². The zero-order valence-electron chi connectivity index (χ0n) is 14.3. The summed E-state index contributed by atoms with van der Waals surface area (Å²) < 4.78 is 0. The Hall–Kier alpha value is -3.47. The lowest BCUT2D eigenvalue weighted by Crippen LogP contribution is -2.34. The van der Waals surface area contributed by atoms with Gasteiger partial charge < -0.3 is 15.5 Å². The maximum atomic E-state index is 12.3. The summed E-state index contributed by atoms with van der Waals surface area (Å²) in [6.07, 6.45) is 3.20. The molecule has 1 aliphatic heterocycles. The molecule has 0 saturated heterocycles. The molecule has 132 valence electrons. The van der Waals surface area contributed by atoms with E-state index in [4.69, 9.17) is 5.26 Å². The fraction of sp³-hybridized carbons (Fsp3) is 0.278. The standard InChI is InChI=1S/C18H18N6O2/c1-12(25)21-4-5-24-11-16-15(18(24)26)2-3-17(23-16)22-10-14-6-13(7-19)8-20-9-14/h2-3,6,8-9H,4-5,10-11H2,1H3,(H,21,25)(H,22,23). The quantitative estimate of drug-likeness (QED) is 0.806. The number of hydrogen-bond acceptors (Lipinski definition) is 6. The van der Waals surface area contributed by atoms with Crippen LogP contribution in [0.1, 0.15) is 34.1 Å². The molecule has 3 rings (SSSR count). The summed E-state index contributed by atoms with van der Waals surface area (Å²) in [5, 5.41) is 14.8. The number of aromatic nitrogens is 2. The van der Waals surface area contributed by atoms with Crippen LogP contribution in [-0.4, -0.2) is 39.8 Å². The van der Waals surface area contributed by atoms with Gasteiger partial charge in [-0.05, 0) is 23.8 Å². The van der Waals surface area contributed by atoms with Crippen molar-refractivity contribution in [3.63, 3.8) is 0 Å². The number of pyridine rings is 2. The molecular formula is C18H18N6O2. The Morgan fingerprint density at radius 1 is 1.38 bits per heavy atom. The number of carbonyl (C=O) groups is 2. The summed E-state index contributed by atoms with van der Waals surface area (Å²) in [4.78, 5) is 33.5. The summed E-state index contributed by atoms with van der Waals surface area (Å²) in [5.41, 5.74) is 2.68. The first-order valence-corrected chi connectivity index (χ1v) is 8.18. The predicted molar refractivity (Wildman–Crippen MR) is 93.9 cm³/mol. The molecule has 0 unspecified atom stereocenters. The fourth-order valence-electron chi connectivity index (χ4n) is 2.72. The van der Waals surface area contributed by atoms with Crippen molar-refractivity contribution in [1.29, 1.82) is 5.26 Å². The monoisotopic (exact) mass is 350 g/mol. The number of fused-ring (bicyclic) bond motifs is 1. The number of hydrogen-bond donors (Lipinski definition) is 2. The van der Waals surface area contributed by atoms with E-state index in [1.165, 1.54) is 13.1 Å². The lowest BCUT2D eigenvalue weighted by Gasteiger charge is -2.14. The fourth-order valence-corrected chi connectivity index (χ4v) is 2.72.